The van der Waals surface area contributed by atoms with Gasteiger partial charge in [0, 0.05) is 29.1 Å². The van der Waals surface area contributed by atoms with E-state index in [0.29, 0.717) is 30.1 Å². The number of amides is 1. The number of rotatable bonds is 8. The number of alkyl halides is 3. The second kappa shape index (κ2) is 13.1. The van der Waals surface area contributed by atoms with Crippen molar-refractivity contribution in [3.8, 4) is 0 Å². The lowest BCUT2D eigenvalue weighted by molar-refractivity contribution is -0.138. The molecule has 2 heterocycles. The van der Waals surface area contributed by atoms with E-state index in [2.05, 4.69) is 26.2 Å². The highest BCUT2D eigenvalue weighted by molar-refractivity contribution is 9.10. The summed E-state index contributed by atoms with van der Waals surface area (Å²) in [5.41, 5.74) is -3.90. The first-order valence-electron chi connectivity index (χ1n) is 14.1. The Bertz CT molecular complexity index is 1850. The third-order valence-electron chi connectivity index (χ3n) is 7.38. The van der Waals surface area contributed by atoms with E-state index in [1.807, 2.05) is 0 Å². The fourth-order valence-electron chi connectivity index (χ4n) is 5.23. The van der Waals surface area contributed by atoms with Gasteiger partial charge in [-0.25, -0.2) is 18.0 Å². The van der Waals surface area contributed by atoms with Crippen LogP contribution < -0.4 is 16.6 Å². The molecular weight excluding hydrogens is 705 g/mol. The minimum Gasteiger partial charge on any atom is -0.444 e. The fourth-order valence-corrected chi connectivity index (χ4v) is 7.19. The van der Waals surface area contributed by atoms with E-state index >= 15 is 0 Å². The van der Waals surface area contributed by atoms with Crippen LogP contribution in [0.4, 0.5) is 18.0 Å². The van der Waals surface area contributed by atoms with Crippen molar-refractivity contribution in [3.05, 3.63) is 71.3 Å². The van der Waals surface area contributed by atoms with E-state index in [9.17, 15) is 36.0 Å². The monoisotopic (exact) mass is 736 g/mol. The largest absolute Gasteiger partial charge is 0.444 e. The van der Waals surface area contributed by atoms with Gasteiger partial charge in [0.15, 0.2) is 9.84 Å². The molecule has 2 N–H and O–H groups in total. The second-order valence-electron chi connectivity index (χ2n) is 11.9. The predicted molar refractivity (Wildman–Crippen MR) is 167 cm³/mol. The number of likely N-dealkylation sites (tertiary alicyclic amines) is 1. The van der Waals surface area contributed by atoms with Gasteiger partial charge in [-0.05, 0) is 91.0 Å². The summed E-state index contributed by atoms with van der Waals surface area (Å²) in [5, 5.41) is 2.45. The fraction of sp³-hybridized carbons (Fsp3) is 0.483. The topological polar surface area (TPSA) is 131 Å². The molecular formula is C29H33BrClF3N4O6S. The SMILES string of the molecule is CCS(=O)(=O)c1ccc(Cl)cc1Cn1c(=O)[nH]c2c(Br)c(CN3CC[C@@H](CNC(=O)OC(C)(C)C)C3)c(C(F)(F)F)cc2c1=O. The summed E-state index contributed by atoms with van der Waals surface area (Å²) in [6.07, 6.45) is -4.79. The maximum absolute atomic E-state index is 14.4. The van der Waals surface area contributed by atoms with Crippen molar-refractivity contribution in [2.45, 2.75) is 63.9 Å². The Kier molecular flexibility index (Phi) is 10.2. The molecule has 0 unspecified atom stereocenters. The van der Waals surface area contributed by atoms with Crippen LogP contribution in [-0.2, 0) is 33.8 Å². The molecule has 1 saturated heterocycles. The molecule has 0 spiro atoms. The molecule has 4 rings (SSSR count). The van der Waals surface area contributed by atoms with Crippen LogP contribution >= 0.6 is 27.5 Å². The Morgan fingerprint density at radius 3 is 2.49 bits per heavy atom. The molecule has 45 heavy (non-hydrogen) atoms. The summed E-state index contributed by atoms with van der Waals surface area (Å²) >= 11 is 9.29. The third-order valence-corrected chi connectivity index (χ3v) is 10.3. The van der Waals surface area contributed by atoms with Crippen LogP contribution in [0.1, 0.15) is 50.8 Å². The molecule has 1 aromatic heterocycles. The van der Waals surface area contributed by atoms with Crippen LogP contribution in [0.25, 0.3) is 10.9 Å². The summed E-state index contributed by atoms with van der Waals surface area (Å²) < 4.78 is 74.3. The highest BCUT2D eigenvalue weighted by Crippen LogP contribution is 2.39. The number of carbonyl (C=O) groups is 1. The molecule has 246 valence electrons. The van der Waals surface area contributed by atoms with Gasteiger partial charge in [0.25, 0.3) is 5.56 Å². The van der Waals surface area contributed by atoms with Crippen LogP contribution in [-0.4, -0.2) is 60.0 Å². The van der Waals surface area contributed by atoms with Crippen LogP contribution in [0.15, 0.2) is 43.2 Å². The summed E-state index contributed by atoms with van der Waals surface area (Å²) in [6.45, 7) is 7.12. The number of aromatic nitrogens is 2. The summed E-state index contributed by atoms with van der Waals surface area (Å²) in [6, 6.07) is 4.63. The van der Waals surface area contributed by atoms with Crippen molar-refractivity contribution in [3.63, 3.8) is 0 Å². The zero-order chi connectivity index (χ0) is 33.5. The molecule has 3 aromatic rings. The molecule has 1 aliphatic rings. The van der Waals surface area contributed by atoms with E-state index in [0.717, 1.165) is 0 Å². The first-order valence-corrected chi connectivity index (χ1v) is 16.9. The van der Waals surface area contributed by atoms with E-state index < -0.39 is 56.5 Å². The van der Waals surface area contributed by atoms with Crippen LogP contribution in [0, 0.1) is 5.92 Å². The predicted octanol–water partition coefficient (Wildman–Crippen LogP) is 5.31. The molecule has 1 amide bonds. The first-order chi connectivity index (χ1) is 20.8. The zero-order valence-electron chi connectivity index (χ0n) is 25.0. The van der Waals surface area contributed by atoms with Gasteiger partial charge in [-0.2, -0.15) is 13.2 Å². The maximum Gasteiger partial charge on any atom is 0.416 e. The molecule has 0 radical (unpaired) electrons. The van der Waals surface area contributed by atoms with E-state index in [4.69, 9.17) is 16.3 Å². The zero-order valence-corrected chi connectivity index (χ0v) is 28.1. The number of ether oxygens (including phenoxy) is 1. The van der Waals surface area contributed by atoms with Crippen molar-refractivity contribution in [2.75, 3.05) is 25.4 Å². The van der Waals surface area contributed by atoms with Crippen molar-refractivity contribution in [1.82, 2.24) is 19.8 Å². The van der Waals surface area contributed by atoms with Crippen molar-refractivity contribution < 1.29 is 31.1 Å². The molecule has 0 aliphatic carbocycles. The Labute approximate surface area is 270 Å². The molecule has 16 heteroatoms. The van der Waals surface area contributed by atoms with E-state index in [1.54, 1.807) is 25.7 Å². The summed E-state index contributed by atoms with van der Waals surface area (Å²) in [7, 11) is -3.78. The highest BCUT2D eigenvalue weighted by atomic mass is 79.9. The number of nitrogens with zero attached hydrogens (tertiary/aromatic N) is 2. The smallest absolute Gasteiger partial charge is 0.416 e. The average Bonchev–Trinajstić information content (AvgIpc) is 3.37. The van der Waals surface area contributed by atoms with Crippen molar-refractivity contribution in [2.24, 2.45) is 5.92 Å². The highest BCUT2D eigenvalue weighted by Gasteiger charge is 2.37. The minimum atomic E-state index is -4.84. The van der Waals surface area contributed by atoms with E-state index in [1.165, 1.54) is 25.1 Å². The lowest BCUT2D eigenvalue weighted by Gasteiger charge is -2.22. The number of fused-ring (bicyclic) bond motifs is 1. The maximum atomic E-state index is 14.4. The normalized spacial score (nSPS) is 16.3. The number of hydrogen-bond acceptors (Lipinski definition) is 7. The Hall–Kier alpha value is -2.88. The van der Waals surface area contributed by atoms with Crippen molar-refractivity contribution >= 4 is 54.4 Å². The number of sulfone groups is 1. The molecule has 0 saturated carbocycles. The van der Waals surface area contributed by atoms with Crippen LogP contribution in [0.5, 0.6) is 0 Å². The van der Waals surface area contributed by atoms with Gasteiger partial charge in [0.1, 0.15) is 5.60 Å². The number of H-pyrrole nitrogens is 1. The summed E-state index contributed by atoms with van der Waals surface area (Å²) in [5.74, 6) is -0.279. The molecule has 10 nitrogen and oxygen atoms in total. The minimum absolute atomic E-state index is 0.0222. The van der Waals surface area contributed by atoms with Gasteiger partial charge in [-0.3, -0.25) is 14.3 Å². The van der Waals surface area contributed by atoms with Gasteiger partial charge < -0.3 is 15.0 Å². The number of hydrogen-bond donors (Lipinski definition) is 2. The van der Waals surface area contributed by atoms with Crippen LogP contribution in [0.3, 0.4) is 0 Å². The van der Waals surface area contributed by atoms with Gasteiger partial charge >= 0.3 is 18.0 Å². The average molecular weight is 738 g/mol. The Balaban J connectivity index is 1.68. The molecule has 1 fully saturated rings. The quantitative estimate of drug-likeness (QED) is 0.321. The number of aromatic amines is 1. The van der Waals surface area contributed by atoms with E-state index in [-0.39, 0.29) is 55.8 Å². The lowest BCUT2D eigenvalue weighted by Crippen LogP contribution is -2.36. The van der Waals surface area contributed by atoms with Crippen molar-refractivity contribution in [1.29, 1.82) is 0 Å². The summed E-state index contributed by atoms with van der Waals surface area (Å²) in [4.78, 5) is 42.9. The third kappa shape index (κ3) is 8.10. The molecule has 1 atom stereocenters. The van der Waals surface area contributed by atoms with Gasteiger partial charge in [0.05, 0.1) is 33.7 Å². The van der Waals surface area contributed by atoms with Gasteiger partial charge in [-0.1, -0.05) is 18.5 Å². The first kappa shape index (κ1) is 35.0. The lowest BCUT2D eigenvalue weighted by atomic mass is 10.0. The number of halogens is 5. The van der Waals surface area contributed by atoms with Gasteiger partial charge in [0.2, 0.25) is 0 Å². The second-order valence-corrected chi connectivity index (χ2v) is 15.4. The number of nitrogens with one attached hydrogen (secondary N) is 2. The van der Waals surface area contributed by atoms with Crippen LogP contribution in [0.2, 0.25) is 5.02 Å². The molecule has 2 aromatic carbocycles. The number of alkyl carbamates (subject to hydrolysis) is 1. The molecule has 0 bridgehead atoms. The standard InChI is InChI=1S/C29H33BrClF3N4O6S/c1-5-45(42,43)22-7-6-18(31)10-17(22)14-38-25(39)19-11-21(29(32,33)34)20(23(30)24(19)36-26(38)40)15-37-9-8-16(13-37)12-35-27(41)44-28(2,3)4/h6-7,10-11,16H,5,8-9,12-15H2,1-4H3,(H,35,41)(H,36,40)/t16-/m0/s1. The Morgan fingerprint density at radius 1 is 1.18 bits per heavy atom. The number of benzene rings is 2. The Morgan fingerprint density at radius 2 is 1.87 bits per heavy atom. The molecule has 1 aliphatic heterocycles. The number of carbonyl (C=O) groups excluding carboxylic acids is 1. The van der Waals surface area contributed by atoms with Gasteiger partial charge in [-0.15, -0.1) is 0 Å².